The van der Waals surface area contributed by atoms with E-state index in [2.05, 4.69) is 15.8 Å². The van der Waals surface area contributed by atoms with Gasteiger partial charge in [-0.15, -0.1) is 0 Å². The van der Waals surface area contributed by atoms with Gasteiger partial charge in [0.25, 0.3) is 11.8 Å². The lowest BCUT2D eigenvalue weighted by molar-refractivity contribution is -0.118. The van der Waals surface area contributed by atoms with Crippen molar-refractivity contribution in [1.29, 1.82) is 0 Å². The summed E-state index contributed by atoms with van der Waals surface area (Å²) in [5.41, 5.74) is 4.25. The van der Waals surface area contributed by atoms with E-state index in [1.165, 1.54) is 6.21 Å². The Morgan fingerprint density at radius 2 is 1.63 bits per heavy atom. The Balaban J connectivity index is 1.55. The Morgan fingerprint density at radius 1 is 0.933 bits per heavy atom. The first-order chi connectivity index (χ1) is 14.7. The smallest absolute Gasteiger partial charge is 0.271 e. The van der Waals surface area contributed by atoms with Gasteiger partial charge < -0.3 is 14.8 Å². The van der Waals surface area contributed by atoms with Crippen molar-refractivity contribution in [2.45, 2.75) is 0 Å². The molecule has 0 bridgehead atoms. The zero-order chi connectivity index (χ0) is 21.2. The van der Waals surface area contributed by atoms with Crippen molar-refractivity contribution < 1.29 is 19.1 Å². The molecule has 0 saturated carbocycles. The summed E-state index contributed by atoms with van der Waals surface area (Å²) >= 11 is 0. The number of anilines is 1. The lowest BCUT2D eigenvalue weighted by Crippen LogP contribution is -2.20. The summed E-state index contributed by atoms with van der Waals surface area (Å²) in [5.74, 6) is 0.560. The summed E-state index contributed by atoms with van der Waals surface area (Å²) in [6.45, 7) is -0.173. The number of para-hydroxylation sites is 1. The number of nitrogens with one attached hydrogen (secondary N) is 2. The minimum Gasteiger partial charge on any atom is -0.497 e. The normalized spacial score (nSPS) is 10.4. The van der Waals surface area contributed by atoms with Gasteiger partial charge in [-0.25, -0.2) is 5.43 Å². The number of rotatable bonds is 8. The second-order valence-electron chi connectivity index (χ2n) is 6.17. The number of hydrogen-bond donors (Lipinski definition) is 2. The molecule has 0 aliphatic rings. The SMILES string of the molecule is COc1ccc(NC(=O)COc2ccccc2C=NNC(=O)c2ccccc2)cc1. The monoisotopic (exact) mass is 403 g/mol. The van der Waals surface area contributed by atoms with Gasteiger partial charge in [0, 0.05) is 16.8 Å². The van der Waals surface area contributed by atoms with E-state index in [4.69, 9.17) is 9.47 Å². The number of hydrazone groups is 1. The van der Waals surface area contributed by atoms with Crippen LogP contribution in [0.3, 0.4) is 0 Å². The van der Waals surface area contributed by atoms with E-state index in [-0.39, 0.29) is 18.4 Å². The van der Waals surface area contributed by atoms with Crippen LogP contribution in [0.2, 0.25) is 0 Å². The van der Waals surface area contributed by atoms with Gasteiger partial charge in [-0.3, -0.25) is 9.59 Å². The van der Waals surface area contributed by atoms with Gasteiger partial charge in [-0.05, 0) is 48.5 Å². The Kier molecular flexibility index (Phi) is 7.16. The lowest BCUT2D eigenvalue weighted by Gasteiger charge is -2.10. The summed E-state index contributed by atoms with van der Waals surface area (Å²) in [6, 6.07) is 22.9. The summed E-state index contributed by atoms with van der Waals surface area (Å²) < 4.78 is 10.7. The van der Waals surface area contributed by atoms with Gasteiger partial charge in [0.1, 0.15) is 11.5 Å². The van der Waals surface area contributed by atoms with Crippen LogP contribution >= 0.6 is 0 Å². The highest BCUT2D eigenvalue weighted by Crippen LogP contribution is 2.17. The van der Waals surface area contributed by atoms with Gasteiger partial charge in [-0.1, -0.05) is 30.3 Å². The largest absolute Gasteiger partial charge is 0.497 e. The minimum absolute atomic E-state index is 0.173. The zero-order valence-electron chi connectivity index (χ0n) is 16.4. The van der Waals surface area contributed by atoms with Crippen molar-refractivity contribution in [3.8, 4) is 11.5 Å². The van der Waals surface area contributed by atoms with Crippen LogP contribution < -0.4 is 20.2 Å². The average molecular weight is 403 g/mol. The van der Waals surface area contributed by atoms with E-state index in [0.717, 1.165) is 0 Å². The second-order valence-corrected chi connectivity index (χ2v) is 6.17. The number of benzene rings is 3. The van der Waals surface area contributed by atoms with Crippen LogP contribution in [0.15, 0.2) is 84.0 Å². The third-order valence-electron chi connectivity index (χ3n) is 4.06. The van der Waals surface area contributed by atoms with E-state index in [1.807, 2.05) is 12.1 Å². The molecule has 30 heavy (non-hydrogen) atoms. The van der Waals surface area contributed by atoms with Crippen molar-refractivity contribution in [2.75, 3.05) is 19.0 Å². The van der Waals surface area contributed by atoms with Crippen LogP contribution in [0.5, 0.6) is 11.5 Å². The maximum Gasteiger partial charge on any atom is 0.271 e. The van der Waals surface area contributed by atoms with E-state index in [0.29, 0.717) is 28.3 Å². The Morgan fingerprint density at radius 3 is 2.37 bits per heavy atom. The number of methoxy groups -OCH3 is 1. The van der Waals surface area contributed by atoms with Crippen molar-refractivity contribution in [3.63, 3.8) is 0 Å². The molecule has 0 aliphatic heterocycles. The molecule has 3 aromatic carbocycles. The molecule has 0 heterocycles. The maximum absolute atomic E-state index is 12.2. The predicted octanol–water partition coefficient (Wildman–Crippen LogP) is 3.48. The summed E-state index contributed by atoms with van der Waals surface area (Å²) in [4.78, 5) is 24.2. The van der Waals surface area contributed by atoms with Crippen molar-refractivity contribution in [2.24, 2.45) is 5.10 Å². The molecule has 0 aliphatic carbocycles. The standard InChI is InChI=1S/C23H21N3O4/c1-29-20-13-11-19(12-14-20)25-22(27)16-30-21-10-6-5-9-18(21)15-24-26-23(28)17-7-3-2-4-8-17/h2-15H,16H2,1H3,(H,25,27)(H,26,28). The highest BCUT2D eigenvalue weighted by Gasteiger charge is 2.07. The molecule has 7 heteroatoms. The fourth-order valence-corrected chi connectivity index (χ4v) is 2.55. The second kappa shape index (κ2) is 10.4. The number of nitrogens with zero attached hydrogens (tertiary/aromatic N) is 1. The maximum atomic E-state index is 12.2. The Labute approximate surface area is 174 Å². The number of carbonyl (C=O) groups excluding carboxylic acids is 2. The molecule has 152 valence electrons. The molecule has 0 atom stereocenters. The van der Waals surface area contributed by atoms with E-state index < -0.39 is 0 Å². The van der Waals surface area contributed by atoms with Crippen LogP contribution in [0.4, 0.5) is 5.69 Å². The third kappa shape index (κ3) is 5.93. The van der Waals surface area contributed by atoms with Crippen LogP contribution in [-0.2, 0) is 4.79 Å². The molecule has 2 amide bonds. The summed E-state index contributed by atoms with van der Waals surface area (Å²) in [7, 11) is 1.58. The minimum atomic E-state index is -0.316. The molecule has 0 unspecified atom stereocenters. The van der Waals surface area contributed by atoms with Crippen LogP contribution in [-0.4, -0.2) is 31.7 Å². The molecule has 0 radical (unpaired) electrons. The van der Waals surface area contributed by atoms with Gasteiger partial charge in [0.2, 0.25) is 0 Å². The molecule has 7 nitrogen and oxygen atoms in total. The van der Waals surface area contributed by atoms with Gasteiger partial charge in [-0.2, -0.15) is 5.10 Å². The lowest BCUT2D eigenvalue weighted by atomic mass is 10.2. The van der Waals surface area contributed by atoms with E-state index in [1.54, 1.807) is 73.8 Å². The highest BCUT2D eigenvalue weighted by molar-refractivity contribution is 5.95. The molecule has 2 N–H and O–H groups in total. The van der Waals surface area contributed by atoms with Gasteiger partial charge in [0.05, 0.1) is 13.3 Å². The molecule has 3 rings (SSSR count). The fourth-order valence-electron chi connectivity index (χ4n) is 2.55. The van der Waals surface area contributed by atoms with Crippen LogP contribution in [0.25, 0.3) is 0 Å². The quantitative estimate of drug-likeness (QED) is 0.445. The van der Waals surface area contributed by atoms with Crippen LogP contribution in [0, 0.1) is 0 Å². The van der Waals surface area contributed by atoms with Crippen LogP contribution in [0.1, 0.15) is 15.9 Å². The molecular weight excluding hydrogens is 382 g/mol. The molecule has 0 saturated heterocycles. The number of hydrogen-bond acceptors (Lipinski definition) is 5. The first-order valence-corrected chi connectivity index (χ1v) is 9.20. The van der Waals surface area contributed by atoms with E-state index in [9.17, 15) is 9.59 Å². The van der Waals surface area contributed by atoms with Crippen molar-refractivity contribution >= 4 is 23.7 Å². The number of ether oxygens (including phenoxy) is 2. The topological polar surface area (TPSA) is 89.0 Å². The van der Waals surface area contributed by atoms with E-state index >= 15 is 0 Å². The molecular formula is C23H21N3O4. The first-order valence-electron chi connectivity index (χ1n) is 9.20. The van der Waals surface area contributed by atoms with Crippen molar-refractivity contribution in [1.82, 2.24) is 5.43 Å². The summed E-state index contributed by atoms with van der Waals surface area (Å²) in [6.07, 6.45) is 1.47. The molecule has 3 aromatic rings. The first kappa shape index (κ1) is 20.6. The zero-order valence-corrected chi connectivity index (χ0v) is 16.4. The summed E-state index contributed by atoms with van der Waals surface area (Å²) in [5, 5.41) is 6.72. The van der Waals surface area contributed by atoms with Crippen molar-refractivity contribution in [3.05, 3.63) is 90.0 Å². The molecule has 0 aromatic heterocycles. The number of carbonyl (C=O) groups is 2. The molecule has 0 fully saturated rings. The van der Waals surface area contributed by atoms with Gasteiger partial charge >= 0.3 is 0 Å². The average Bonchev–Trinajstić information content (AvgIpc) is 2.79. The third-order valence-corrected chi connectivity index (χ3v) is 4.06. The highest BCUT2D eigenvalue weighted by atomic mass is 16.5. The molecule has 0 spiro atoms. The van der Waals surface area contributed by atoms with Gasteiger partial charge in [0.15, 0.2) is 6.61 Å². The Hall–Kier alpha value is -4.13. The predicted molar refractivity (Wildman–Crippen MR) is 115 cm³/mol. The Bertz CT molecular complexity index is 1020. The fraction of sp³-hybridized carbons (Fsp3) is 0.0870. The number of amides is 2.